The van der Waals surface area contributed by atoms with E-state index in [-0.39, 0.29) is 23.6 Å². The second kappa shape index (κ2) is 23.5. The molecule has 8 aromatic heterocycles. The third-order valence-electron chi connectivity index (χ3n) is 16.8. The van der Waals surface area contributed by atoms with Crippen LogP contribution < -0.4 is 15.3 Å². The minimum absolute atomic E-state index is 0.195. The van der Waals surface area contributed by atoms with E-state index in [0.29, 0.717) is 66.2 Å². The number of furan rings is 2. The predicted octanol–water partition coefficient (Wildman–Crippen LogP) is 8.23. The molecule has 2 N–H and O–H groups in total. The van der Waals surface area contributed by atoms with Gasteiger partial charge in [0.1, 0.15) is 11.0 Å². The number of nitrogens with one attached hydrogen (secondary N) is 2. The zero-order chi connectivity index (χ0) is 57.9. The lowest BCUT2D eigenvalue weighted by molar-refractivity contribution is 0.00578. The third-order valence-corrected chi connectivity index (χ3v) is 19.5. The lowest BCUT2D eigenvalue weighted by Crippen LogP contribution is -2.41. The van der Waals surface area contributed by atoms with Gasteiger partial charge in [0.15, 0.2) is 28.6 Å². The molecule has 10 aromatic rings. The number of rotatable bonds is 8. The molecule has 0 unspecified atom stereocenters. The number of aromatic amines is 2. The van der Waals surface area contributed by atoms with E-state index in [4.69, 9.17) is 49.2 Å². The number of aryl methyl sites for hydroxylation is 2. The van der Waals surface area contributed by atoms with Crippen molar-refractivity contribution in [2.75, 3.05) is 112 Å². The number of benzene rings is 2. The number of halogens is 1. The molecule has 0 saturated carbocycles. The van der Waals surface area contributed by atoms with Gasteiger partial charge in [-0.2, -0.15) is 4.98 Å². The summed E-state index contributed by atoms with van der Waals surface area (Å²) in [7, 11) is -1.67. The molecule has 0 amide bonds. The highest BCUT2D eigenvalue weighted by Crippen LogP contribution is 2.39. The van der Waals surface area contributed by atoms with Crippen LogP contribution in [0.2, 0.25) is 5.28 Å². The van der Waals surface area contributed by atoms with Gasteiger partial charge in [-0.15, -0.1) is 0 Å². The van der Waals surface area contributed by atoms with E-state index >= 15 is 0 Å². The molecule has 84 heavy (non-hydrogen) atoms. The molecule has 5 aliphatic heterocycles. The summed E-state index contributed by atoms with van der Waals surface area (Å²) < 4.78 is 59.0. The summed E-state index contributed by atoms with van der Waals surface area (Å²) in [5.41, 5.74) is 12.0. The van der Waals surface area contributed by atoms with E-state index in [1.807, 2.05) is 24.8 Å². The van der Waals surface area contributed by atoms with Gasteiger partial charge in [-0.25, -0.2) is 24.9 Å². The van der Waals surface area contributed by atoms with E-state index < -0.39 is 21.6 Å². The molecule has 5 aliphatic rings. The van der Waals surface area contributed by atoms with Gasteiger partial charge in [0.05, 0.1) is 48.4 Å². The number of hydrogen-bond donors (Lipinski definition) is 2. The maximum Gasteiger partial charge on any atom is 0.495 e. The highest BCUT2D eigenvalue weighted by molar-refractivity contribution is 7.85. The number of anilines is 2. The fourth-order valence-corrected chi connectivity index (χ4v) is 14.0. The number of aromatic nitrogens is 8. The Kier molecular flexibility index (Phi) is 15.8. The monoisotopic (exact) mass is 1190 g/mol. The first-order valence-electron chi connectivity index (χ1n) is 28.7. The van der Waals surface area contributed by atoms with Crippen molar-refractivity contribution in [3.63, 3.8) is 0 Å². The molecule has 20 nitrogen and oxygen atoms in total. The largest absolute Gasteiger partial charge is 0.495 e. The highest BCUT2D eigenvalue weighted by Gasteiger charge is 2.52. The van der Waals surface area contributed by atoms with E-state index in [2.05, 4.69) is 140 Å². The van der Waals surface area contributed by atoms with Crippen molar-refractivity contribution >= 4 is 124 Å². The highest BCUT2D eigenvalue weighted by atomic mass is 35.5. The van der Waals surface area contributed by atoms with Crippen LogP contribution in [0.1, 0.15) is 49.9 Å². The average Bonchev–Trinajstić information content (AvgIpc) is 2.69. The number of H-pyrrole nitrogens is 2. The number of morpholine rings is 2. The van der Waals surface area contributed by atoms with Crippen molar-refractivity contribution in [2.24, 2.45) is 0 Å². The van der Waals surface area contributed by atoms with Crippen LogP contribution in [0.25, 0.3) is 77.6 Å². The quantitative estimate of drug-likeness (QED) is 0.108. The summed E-state index contributed by atoms with van der Waals surface area (Å²) in [5.74, 6) is 5.07. The Morgan fingerprint density at radius 3 is 1.60 bits per heavy atom. The van der Waals surface area contributed by atoms with Crippen molar-refractivity contribution in [2.45, 2.75) is 65.8 Å². The minimum Gasteiger partial charge on any atom is -0.432 e. The van der Waals surface area contributed by atoms with Crippen LogP contribution in [0.15, 0.2) is 82.2 Å². The molecule has 438 valence electrons. The number of pyridine rings is 2. The Morgan fingerprint density at radius 2 is 1.06 bits per heavy atom. The molecular weight excluding hydrogens is 1130 g/mol. The number of hydrogen-bond acceptors (Lipinski definition) is 18. The molecule has 5 fully saturated rings. The normalized spacial score (nSPS) is 19.2. The first-order valence-corrected chi connectivity index (χ1v) is 32.1. The fourth-order valence-electron chi connectivity index (χ4n) is 11.6. The van der Waals surface area contributed by atoms with Gasteiger partial charge in [-0.1, -0.05) is 6.07 Å². The van der Waals surface area contributed by atoms with Crippen LogP contribution in [0.5, 0.6) is 0 Å². The summed E-state index contributed by atoms with van der Waals surface area (Å²) in [6.45, 7) is 22.9. The minimum atomic E-state index is -0.694. The van der Waals surface area contributed by atoms with Gasteiger partial charge < -0.3 is 47.4 Å². The summed E-state index contributed by atoms with van der Waals surface area (Å²) in [5, 5.41) is 4.19. The number of ether oxygens (including phenoxy) is 2. The van der Waals surface area contributed by atoms with Crippen LogP contribution in [0, 0.1) is 13.8 Å². The summed E-state index contributed by atoms with van der Waals surface area (Å²) in [6.07, 6.45) is 7.62. The van der Waals surface area contributed by atoms with Crippen LogP contribution >= 0.6 is 11.6 Å². The Hall–Kier alpha value is -6.41. The third kappa shape index (κ3) is 11.6. The lowest BCUT2D eigenvalue weighted by atomic mass is 9.76. The molecule has 0 aliphatic carbocycles. The molecule has 0 atom stereocenters. The van der Waals surface area contributed by atoms with E-state index in [9.17, 15) is 8.42 Å². The molecule has 2 aromatic carbocycles. The molecule has 24 heteroatoms. The van der Waals surface area contributed by atoms with Crippen molar-refractivity contribution in [3.8, 4) is 11.4 Å². The zero-order valence-electron chi connectivity index (χ0n) is 48.2. The second-order valence-corrected chi connectivity index (χ2v) is 26.9. The standard InChI is InChI=1S/C27H28N6O3S.C18H20ClN5O3S.C15H20BNO2/c1-17-12-20(19-2-3-28-22(19)13-17)25-30-23-21-14-18(16-32-6-10-37(34)11-7-32)15-29-27(21)36-24(23)26(31-25)33-4-8-35-9-5-33;19-18-21-14-13-9-12(11-23-3-7-28(25)8-4-23)10-20-17(13)27-15(14)16(22-18)24-1-5-26-6-2-24;1-10-8-12(11-6-7-17-13(11)9-10)16-18-14(2,3)15(4,5)19-16/h2-3,12-15,28H,4-11,16H2,1H3;9-10H,1-8,11H2;6-9,17H,1-5H3. The Morgan fingerprint density at radius 1 is 0.583 bits per heavy atom. The lowest BCUT2D eigenvalue weighted by Gasteiger charge is -2.32. The maximum atomic E-state index is 11.8. The average molecular weight is 1200 g/mol. The zero-order valence-corrected chi connectivity index (χ0v) is 50.6. The van der Waals surface area contributed by atoms with Gasteiger partial charge in [0.25, 0.3) is 0 Å². The molecule has 0 radical (unpaired) electrons. The fraction of sp³-hybridized carbons (Fsp3) is 0.433. The van der Waals surface area contributed by atoms with E-state index in [1.54, 1.807) is 0 Å². The Balaban J connectivity index is 0.000000124. The number of fused-ring (bicyclic) bond motifs is 8. The van der Waals surface area contributed by atoms with Gasteiger partial charge in [-0.3, -0.25) is 18.2 Å². The summed E-state index contributed by atoms with van der Waals surface area (Å²) in [4.78, 5) is 43.7. The first kappa shape index (κ1) is 56.7. The molecular formula is C60H68BClN12O8S2. The van der Waals surface area contributed by atoms with Crippen LogP contribution in [0.4, 0.5) is 11.6 Å². The van der Waals surface area contributed by atoms with E-state index in [1.165, 1.54) is 10.9 Å². The van der Waals surface area contributed by atoms with E-state index in [0.717, 1.165) is 155 Å². The Bertz CT molecular complexity index is 4100. The second-order valence-electron chi connectivity index (χ2n) is 23.2. The summed E-state index contributed by atoms with van der Waals surface area (Å²) in [6, 6.07) is 16.9. The van der Waals surface area contributed by atoms with Crippen molar-refractivity contribution in [1.29, 1.82) is 0 Å². The molecule has 13 heterocycles. The van der Waals surface area contributed by atoms with Crippen molar-refractivity contribution in [1.82, 2.24) is 49.7 Å². The SMILES string of the molecule is Cc1cc(-c2nc(N3CCOCC3)c3oc4ncc(CN5CCS(=O)CC5)cc4c3n2)c2cc[nH]c2c1.Cc1cc(B2OC(C)(C)C(C)(C)O2)c2cc[nH]c2c1.O=S1CCN(Cc2cnc3oc4c(N5CCOCC5)nc(Cl)nc4c3c2)CC1. The van der Waals surface area contributed by atoms with Crippen molar-refractivity contribution in [3.05, 3.63) is 101 Å². The smallest absolute Gasteiger partial charge is 0.432 e. The van der Waals surface area contributed by atoms with Gasteiger partial charge >= 0.3 is 7.12 Å². The molecule has 5 saturated heterocycles. The Labute approximate surface area is 496 Å². The summed E-state index contributed by atoms with van der Waals surface area (Å²) >= 11 is 6.23. The first-order chi connectivity index (χ1) is 40.6. The molecule has 15 rings (SSSR count). The predicted molar refractivity (Wildman–Crippen MR) is 332 cm³/mol. The molecule has 0 bridgehead atoms. The van der Waals surface area contributed by atoms with Gasteiger partial charge in [0, 0.05) is 157 Å². The van der Waals surface area contributed by atoms with Crippen LogP contribution in [-0.4, -0.2) is 178 Å². The van der Waals surface area contributed by atoms with Crippen molar-refractivity contribution < 1.29 is 36.0 Å². The molecule has 0 spiro atoms. The number of nitrogens with zero attached hydrogens (tertiary/aromatic N) is 10. The van der Waals surface area contributed by atoms with Crippen LogP contribution in [-0.2, 0) is 53.5 Å². The van der Waals surface area contributed by atoms with Crippen LogP contribution in [0.3, 0.4) is 0 Å². The van der Waals surface area contributed by atoms with Gasteiger partial charge in [-0.05, 0) is 129 Å². The topological polar surface area (TPSA) is 219 Å². The van der Waals surface area contributed by atoms with Gasteiger partial charge in [0.2, 0.25) is 16.7 Å². The maximum absolute atomic E-state index is 11.8.